The summed E-state index contributed by atoms with van der Waals surface area (Å²) in [5.41, 5.74) is 6.26. The zero-order valence-corrected chi connectivity index (χ0v) is 20.7. The fraction of sp³-hybridized carbons (Fsp3) is 0.300. The van der Waals surface area contributed by atoms with Crippen molar-refractivity contribution >= 4 is 28.1 Å². The van der Waals surface area contributed by atoms with Crippen LogP contribution in [0.1, 0.15) is 51.5 Å². The molecular formula is C30H30N2O2. The summed E-state index contributed by atoms with van der Waals surface area (Å²) in [6.45, 7) is 12.6. The van der Waals surface area contributed by atoms with E-state index in [1.54, 1.807) is 0 Å². The van der Waals surface area contributed by atoms with Crippen molar-refractivity contribution in [3.63, 3.8) is 0 Å². The molecule has 1 heterocycles. The number of nitrogens with zero attached hydrogens (tertiary/aromatic N) is 2. The molecule has 34 heavy (non-hydrogen) atoms. The Bertz CT molecular complexity index is 1450. The lowest BCUT2D eigenvalue weighted by Gasteiger charge is -2.35. The molecule has 2 bridgehead atoms. The van der Waals surface area contributed by atoms with Gasteiger partial charge in [-0.3, -0.25) is 4.79 Å². The predicted octanol–water partition coefficient (Wildman–Crippen LogP) is 8.30. The Hall–Kier alpha value is -3.53. The van der Waals surface area contributed by atoms with Crippen LogP contribution in [0.3, 0.4) is 0 Å². The van der Waals surface area contributed by atoms with E-state index in [-0.39, 0.29) is 16.6 Å². The third-order valence-corrected chi connectivity index (χ3v) is 6.70. The van der Waals surface area contributed by atoms with Gasteiger partial charge in [-0.1, -0.05) is 65.0 Å². The number of para-hydroxylation sites is 1. The van der Waals surface area contributed by atoms with Gasteiger partial charge in [-0.15, -0.1) is 5.11 Å². The van der Waals surface area contributed by atoms with Crippen LogP contribution in [0.25, 0.3) is 16.7 Å². The maximum Gasteiger partial charge on any atom is 0.186 e. The highest BCUT2D eigenvalue weighted by Gasteiger charge is 2.40. The summed E-state index contributed by atoms with van der Waals surface area (Å²) in [6.07, 6.45) is 4.65. The van der Waals surface area contributed by atoms with Crippen molar-refractivity contribution in [2.24, 2.45) is 21.1 Å². The first-order valence-electron chi connectivity index (χ1n) is 11.8. The Kier molecular flexibility index (Phi) is 5.09. The van der Waals surface area contributed by atoms with Gasteiger partial charge in [0.15, 0.2) is 11.5 Å². The zero-order chi connectivity index (χ0) is 24.3. The first kappa shape index (κ1) is 22.3. The molecule has 2 aliphatic rings. The maximum absolute atomic E-state index is 13.7. The number of ketones is 1. The van der Waals surface area contributed by atoms with E-state index in [1.165, 1.54) is 0 Å². The molecule has 2 aromatic carbocycles. The van der Waals surface area contributed by atoms with Crippen molar-refractivity contribution < 1.29 is 9.21 Å². The van der Waals surface area contributed by atoms with Crippen LogP contribution in [0.2, 0.25) is 0 Å². The first-order chi connectivity index (χ1) is 16.0. The molecule has 0 saturated heterocycles. The first-order valence-corrected chi connectivity index (χ1v) is 11.8. The fourth-order valence-corrected chi connectivity index (χ4v) is 4.86. The molecule has 0 unspecified atom stereocenters. The minimum absolute atomic E-state index is 0.118. The summed E-state index contributed by atoms with van der Waals surface area (Å²) in [6, 6.07) is 16.0. The lowest BCUT2D eigenvalue weighted by Crippen LogP contribution is -2.31. The van der Waals surface area contributed by atoms with Crippen LogP contribution in [-0.4, -0.2) is 5.78 Å². The highest BCUT2D eigenvalue weighted by Crippen LogP contribution is 2.47. The van der Waals surface area contributed by atoms with Gasteiger partial charge < -0.3 is 4.42 Å². The van der Waals surface area contributed by atoms with Gasteiger partial charge in [0, 0.05) is 27.7 Å². The van der Waals surface area contributed by atoms with Crippen molar-refractivity contribution in [3.05, 3.63) is 94.3 Å². The number of Topliss-reactive ketones (excluding diaryl/α,β-unsaturated/α-hetero) is 1. The van der Waals surface area contributed by atoms with Crippen LogP contribution in [0.4, 0.5) is 5.69 Å². The van der Waals surface area contributed by atoms with Crippen LogP contribution in [0, 0.1) is 17.8 Å². The summed E-state index contributed by atoms with van der Waals surface area (Å²) >= 11 is 0. The molecule has 0 spiro atoms. The number of hydrogen-bond donors (Lipinski definition) is 0. The number of benzene rings is 2. The third-order valence-electron chi connectivity index (χ3n) is 6.70. The molecule has 0 aliphatic heterocycles. The molecule has 4 nitrogen and oxygen atoms in total. The van der Waals surface area contributed by atoms with E-state index in [0.717, 1.165) is 50.3 Å². The predicted molar refractivity (Wildman–Crippen MR) is 137 cm³/mol. The number of aryl methyl sites for hydroxylation is 1. The van der Waals surface area contributed by atoms with Gasteiger partial charge in [0.05, 0.1) is 5.69 Å². The number of fused-ring (bicyclic) bond motifs is 4. The smallest absolute Gasteiger partial charge is 0.186 e. The molecule has 0 N–H and O–H groups in total. The van der Waals surface area contributed by atoms with E-state index in [1.807, 2.05) is 61.5 Å². The van der Waals surface area contributed by atoms with Gasteiger partial charge in [0.2, 0.25) is 0 Å². The van der Waals surface area contributed by atoms with E-state index in [4.69, 9.17) is 9.53 Å². The molecule has 0 fully saturated rings. The topological polar surface area (TPSA) is 54.9 Å². The average molecular weight is 451 g/mol. The number of rotatable bonds is 2. The number of hydrogen-bond acceptors (Lipinski definition) is 4. The van der Waals surface area contributed by atoms with Crippen LogP contribution >= 0.6 is 0 Å². The molecule has 0 amide bonds. The highest BCUT2D eigenvalue weighted by molar-refractivity contribution is 6.12. The molecule has 172 valence electrons. The van der Waals surface area contributed by atoms with Crippen molar-refractivity contribution in [1.29, 1.82) is 0 Å². The van der Waals surface area contributed by atoms with Gasteiger partial charge in [0.1, 0.15) is 11.3 Å². The molecular weight excluding hydrogens is 420 g/mol. The van der Waals surface area contributed by atoms with Crippen LogP contribution in [-0.2, 0) is 11.2 Å². The summed E-state index contributed by atoms with van der Waals surface area (Å²) < 4.78 is 6.43. The van der Waals surface area contributed by atoms with E-state index in [9.17, 15) is 4.79 Å². The second kappa shape index (κ2) is 7.76. The lowest BCUT2D eigenvalue weighted by atomic mass is 9.68. The van der Waals surface area contributed by atoms with E-state index in [0.29, 0.717) is 12.1 Å². The normalized spacial score (nSPS) is 20.1. The summed E-state index contributed by atoms with van der Waals surface area (Å²) in [7, 11) is 0. The van der Waals surface area contributed by atoms with E-state index in [2.05, 4.69) is 45.8 Å². The number of azo groups is 1. The fourth-order valence-electron chi connectivity index (χ4n) is 4.86. The van der Waals surface area contributed by atoms with Gasteiger partial charge in [-0.25, -0.2) is 0 Å². The molecule has 0 saturated carbocycles. The number of furan rings is 1. The standard InChI is InChI=1S/C30H30N2O2/c1-18-10-9-11-20(14-18)31-32-26-19-15-23(29(2,3)4)27(33)24(16-19)30(5,6)17-22-21-12-7-8-13-25(21)34-28(22)26/h7-16H,17H2,1-6H3/b26-19+,32-31?. The highest BCUT2D eigenvalue weighted by atomic mass is 16.3. The third kappa shape index (κ3) is 3.77. The van der Waals surface area contributed by atoms with Gasteiger partial charge >= 0.3 is 0 Å². The molecule has 4 heteroatoms. The second-order valence-electron chi connectivity index (χ2n) is 11.0. The van der Waals surface area contributed by atoms with Crippen molar-refractivity contribution in [2.45, 2.75) is 48.0 Å². The Labute approximate surface area is 200 Å². The molecule has 1 aromatic heterocycles. The SMILES string of the molecule is Cc1cccc(N=N/C2=C3\C=C(C(C)(C)C)C(=O)C(=C3)C(C)(C)Cc3c2oc2ccccc32)c1. The summed E-state index contributed by atoms with van der Waals surface area (Å²) in [5.74, 6) is 0.849. The quantitative estimate of drug-likeness (QED) is 0.369. The minimum Gasteiger partial charge on any atom is -0.454 e. The molecule has 0 radical (unpaired) electrons. The Balaban J connectivity index is 1.83. The monoisotopic (exact) mass is 450 g/mol. The molecule has 2 aliphatic carbocycles. The Morgan fingerprint density at radius 3 is 2.47 bits per heavy atom. The van der Waals surface area contributed by atoms with Crippen LogP contribution in [0.5, 0.6) is 0 Å². The lowest BCUT2D eigenvalue weighted by molar-refractivity contribution is -0.114. The van der Waals surface area contributed by atoms with Gasteiger partial charge in [-0.2, -0.15) is 5.11 Å². The van der Waals surface area contributed by atoms with Crippen molar-refractivity contribution in [3.8, 4) is 0 Å². The number of carbonyl (C=O) groups excluding carboxylic acids is 1. The van der Waals surface area contributed by atoms with Crippen molar-refractivity contribution in [2.75, 3.05) is 0 Å². The maximum atomic E-state index is 13.7. The van der Waals surface area contributed by atoms with Gasteiger partial charge in [-0.05, 0) is 60.1 Å². The Morgan fingerprint density at radius 1 is 0.971 bits per heavy atom. The minimum atomic E-state index is -0.367. The number of carbonyl (C=O) groups is 1. The zero-order valence-electron chi connectivity index (χ0n) is 20.7. The molecule has 0 atom stereocenters. The molecule has 3 aromatic rings. The van der Waals surface area contributed by atoms with E-state index >= 15 is 0 Å². The summed E-state index contributed by atoms with van der Waals surface area (Å²) in [4.78, 5) is 13.7. The molecule has 5 rings (SSSR count). The summed E-state index contributed by atoms with van der Waals surface area (Å²) in [5, 5.41) is 10.4. The van der Waals surface area contributed by atoms with Gasteiger partial charge in [0.25, 0.3) is 0 Å². The van der Waals surface area contributed by atoms with Crippen molar-refractivity contribution in [1.82, 2.24) is 0 Å². The van der Waals surface area contributed by atoms with E-state index < -0.39 is 0 Å². The second-order valence-corrected chi connectivity index (χ2v) is 11.0. The largest absolute Gasteiger partial charge is 0.454 e. The number of allylic oxidation sites excluding steroid dienone is 5. The average Bonchev–Trinajstić information content (AvgIpc) is 3.10. The van der Waals surface area contributed by atoms with Crippen LogP contribution in [0.15, 0.2) is 92.0 Å². The van der Waals surface area contributed by atoms with Crippen LogP contribution < -0.4 is 0 Å². The Morgan fingerprint density at radius 2 is 1.74 bits per heavy atom.